The van der Waals surface area contributed by atoms with E-state index >= 15 is 0 Å². The Balaban J connectivity index is 1.57. The highest BCUT2D eigenvalue weighted by Gasteiger charge is 2.14. The number of hydrogen-bond acceptors (Lipinski definition) is 6. The molecule has 2 heterocycles. The highest BCUT2D eigenvalue weighted by Crippen LogP contribution is 2.20. The van der Waals surface area contributed by atoms with Crippen molar-refractivity contribution >= 4 is 11.8 Å². The van der Waals surface area contributed by atoms with Crippen molar-refractivity contribution in [2.24, 2.45) is 0 Å². The average Bonchev–Trinajstić information content (AvgIpc) is 3.00. The summed E-state index contributed by atoms with van der Waals surface area (Å²) in [6.07, 6.45) is 9.55. The Morgan fingerprint density at radius 3 is 2.95 bits per heavy atom. The Labute approximate surface area is 118 Å². The molecule has 0 aromatic carbocycles. The zero-order valence-electron chi connectivity index (χ0n) is 11.4. The van der Waals surface area contributed by atoms with E-state index in [0.717, 1.165) is 5.76 Å². The van der Waals surface area contributed by atoms with Crippen LogP contribution in [0.2, 0.25) is 0 Å². The van der Waals surface area contributed by atoms with Gasteiger partial charge in [0.1, 0.15) is 5.76 Å². The molecule has 1 aliphatic rings. The third-order valence-electron chi connectivity index (χ3n) is 3.52. The number of nitrogens with one attached hydrogen (secondary N) is 2. The Kier molecular flexibility index (Phi) is 4.10. The minimum Gasteiger partial charge on any atom is -0.467 e. The van der Waals surface area contributed by atoms with Crippen molar-refractivity contribution in [3.63, 3.8) is 0 Å². The van der Waals surface area contributed by atoms with E-state index in [1.54, 1.807) is 12.5 Å². The molecule has 1 aliphatic carbocycles. The van der Waals surface area contributed by atoms with Crippen molar-refractivity contribution in [1.82, 2.24) is 15.2 Å². The summed E-state index contributed by atoms with van der Waals surface area (Å²) in [6.45, 7) is 0.592. The van der Waals surface area contributed by atoms with Crippen molar-refractivity contribution in [2.45, 2.75) is 44.7 Å². The van der Waals surface area contributed by atoms with Gasteiger partial charge in [0.25, 0.3) is 0 Å². The highest BCUT2D eigenvalue weighted by molar-refractivity contribution is 5.37. The Hall–Kier alpha value is -2.11. The van der Waals surface area contributed by atoms with Gasteiger partial charge in [-0.1, -0.05) is 19.3 Å². The van der Waals surface area contributed by atoms with E-state index in [4.69, 9.17) is 4.42 Å². The zero-order chi connectivity index (χ0) is 13.6. The van der Waals surface area contributed by atoms with Crippen LogP contribution < -0.4 is 10.6 Å². The van der Waals surface area contributed by atoms with Crippen LogP contribution in [0.4, 0.5) is 11.8 Å². The van der Waals surface area contributed by atoms with E-state index in [0.29, 0.717) is 24.4 Å². The molecule has 106 valence electrons. The molecule has 6 heteroatoms. The lowest BCUT2D eigenvalue weighted by Gasteiger charge is -2.22. The molecule has 0 atom stereocenters. The Morgan fingerprint density at radius 2 is 2.15 bits per heavy atom. The van der Waals surface area contributed by atoms with Crippen molar-refractivity contribution in [3.05, 3.63) is 30.4 Å². The minimum absolute atomic E-state index is 0.478. The summed E-state index contributed by atoms with van der Waals surface area (Å²) < 4.78 is 5.27. The molecule has 0 aliphatic heterocycles. The number of nitrogens with zero attached hydrogens (tertiary/aromatic N) is 3. The third-order valence-corrected chi connectivity index (χ3v) is 3.52. The van der Waals surface area contributed by atoms with E-state index < -0.39 is 0 Å². The molecule has 2 aromatic heterocycles. The van der Waals surface area contributed by atoms with Crippen molar-refractivity contribution in [1.29, 1.82) is 0 Å². The van der Waals surface area contributed by atoms with Gasteiger partial charge in [0.05, 0.1) is 19.0 Å². The standard InChI is InChI=1S/C14H19N5O/c1-2-5-11(6-3-1)17-14-18-13(10-16-19-14)15-9-12-7-4-8-20-12/h4,7-8,10-11H,1-3,5-6,9H2,(H2,15,17,18,19). The fourth-order valence-electron chi connectivity index (χ4n) is 2.47. The van der Waals surface area contributed by atoms with Gasteiger partial charge in [-0.05, 0) is 25.0 Å². The molecule has 0 saturated heterocycles. The average molecular weight is 273 g/mol. The molecular weight excluding hydrogens is 254 g/mol. The number of hydrogen-bond donors (Lipinski definition) is 2. The summed E-state index contributed by atoms with van der Waals surface area (Å²) in [5.74, 6) is 2.17. The van der Waals surface area contributed by atoms with Gasteiger partial charge in [-0.15, -0.1) is 5.10 Å². The molecule has 3 rings (SSSR count). The van der Waals surface area contributed by atoms with E-state index in [1.807, 2.05) is 12.1 Å². The van der Waals surface area contributed by atoms with E-state index in [2.05, 4.69) is 25.8 Å². The lowest BCUT2D eigenvalue weighted by atomic mass is 9.96. The predicted molar refractivity (Wildman–Crippen MR) is 76.4 cm³/mol. The van der Waals surface area contributed by atoms with Gasteiger partial charge < -0.3 is 15.1 Å². The fourth-order valence-corrected chi connectivity index (χ4v) is 2.47. The summed E-state index contributed by atoms with van der Waals surface area (Å²) in [5, 5.41) is 14.6. The second kappa shape index (κ2) is 6.36. The Morgan fingerprint density at radius 1 is 1.25 bits per heavy atom. The predicted octanol–water partition coefficient (Wildman–Crippen LogP) is 2.82. The number of aromatic nitrogens is 3. The number of furan rings is 1. The van der Waals surface area contributed by atoms with Crippen molar-refractivity contribution < 1.29 is 4.42 Å². The van der Waals surface area contributed by atoms with Crippen LogP contribution in [0, 0.1) is 0 Å². The van der Waals surface area contributed by atoms with Crippen LogP contribution in [-0.4, -0.2) is 21.2 Å². The highest BCUT2D eigenvalue weighted by atomic mass is 16.3. The molecule has 6 nitrogen and oxygen atoms in total. The first-order valence-corrected chi connectivity index (χ1v) is 7.13. The van der Waals surface area contributed by atoms with Crippen LogP contribution in [0.25, 0.3) is 0 Å². The van der Waals surface area contributed by atoms with Gasteiger partial charge in [0.2, 0.25) is 5.95 Å². The van der Waals surface area contributed by atoms with Crippen LogP contribution >= 0.6 is 0 Å². The van der Waals surface area contributed by atoms with Crippen LogP contribution in [0.1, 0.15) is 37.9 Å². The topological polar surface area (TPSA) is 75.9 Å². The molecule has 20 heavy (non-hydrogen) atoms. The first-order chi connectivity index (χ1) is 9.90. The zero-order valence-corrected chi connectivity index (χ0v) is 11.4. The second-order valence-corrected chi connectivity index (χ2v) is 5.08. The third kappa shape index (κ3) is 3.46. The normalized spacial score (nSPS) is 16.0. The van der Waals surface area contributed by atoms with Gasteiger partial charge in [-0.25, -0.2) is 0 Å². The summed E-state index contributed by atoms with van der Waals surface area (Å²) in [6, 6.07) is 4.26. The lowest BCUT2D eigenvalue weighted by molar-refractivity contribution is 0.460. The molecule has 1 saturated carbocycles. The maximum Gasteiger partial charge on any atom is 0.244 e. The molecule has 0 bridgehead atoms. The molecule has 2 aromatic rings. The quantitative estimate of drug-likeness (QED) is 0.872. The largest absolute Gasteiger partial charge is 0.467 e. The Bertz CT molecular complexity index is 522. The summed E-state index contributed by atoms with van der Waals surface area (Å²) in [7, 11) is 0. The summed E-state index contributed by atoms with van der Waals surface area (Å²) in [4.78, 5) is 4.43. The van der Waals surface area contributed by atoms with Gasteiger partial charge in [-0.2, -0.15) is 10.1 Å². The maximum atomic E-state index is 5.27. The van der Waals surface area contributed by atoms with Crippen LogP contribution in [0.15, 0.2) is 29.0 Å². The molecule has 0 amide bonds. The second-order valence-electron chi connectivity index (χ2n) is 5.08. The first-order valence-electron chi connectivity index (χ1n) is 7.13. The monoisotopic (exact) mass is 273 g/mol. The van der Waals surface area contributed by atoms with Gasteiger partial charge in [-0.3, -0.25) is 0 Å². The van der Waals surface area contributed by atoms with E-state index in [-0.39, 0.29) is 0 Å². The summed E-state index contributed by atoms with van der Waals surface area (Å²) in [5.41, 5.74) is 0. The number of anilines is 2. The van der Waals surface area contributed by atoms with Gasteiger partial charge in [0.15, 0.2) is 5.82 Å². The van der Waals surface area contributed by atoms with Crippen LogP contribution in [0.3, 0.4) is 0 Å². The molecule has 0 radical (unpaired) electrons. The fraction of sp³-hybridized carbons (Fsp3) is 0.500. The van der Waals surface area contributed by atoms with E-state index in [9.17, 15) is 0 Å². The van der Waals surface area contributed by atoms with Gasteiger partial charge >= 0.3 is 0 Å². The van der Waals surface area contributed by atoms with E-state index in [1.165, 1.54) is 32.1 Å². The first kappa shape index (κ1) is 12.9. The molecule has 2 N–H and O–H groups in total. The lowest BCUT2D eigenvalue weighted by Crippen LogP contribution is -2.23. The summed E-state index contributed by atoms with van der Waals surface area (Å²) >= 11 is 0. The molecular formula is C14H19N5O. The molecule has 0 spiro atoms. The smallest absolute Gasteiger partial charge is 0.244 e. The SMILES string of the molecule is c1coc(CNc2cnnc(NC3CCCCC3)n2)c1. The molecule has 0 unspecified atom stereocenters. The van der Waals surface area contributed by atoms with Gasteiger partial charge in [0, 0.05) is 6.04 Å². The van der Waals surface area contributed by atoms with Crippen LogP contribution in [0.5, 0.6) is 0 Å². The molecule has 1 fully saturated rings. The van der Waals surface area contributed by atoms with Crippen molar-refractivity contribution in [3.8, 4) is 0 Å². The van der Waals surface area contributed by atoms with Crippen LogP contribution in [-0.2, 0) is 6.54 Å². The van der Waals surface area contributed by atoms with Crippen molar-refractivity contribution in [2.75, 3.05) is 10.6 Å². The minimum atomic E-state index is 0.478. The maximum absolute atomic E-state index is 5.27. The number of rotatable bonds is 5.